The van der Waals surface area contributed by atoms with E-state index in [1.165, 1.54) is 24.0 Å². The van der Waals surface area contributed by atoms with Crippen LogP contribution < -0.4 is 5.73 Å². The molecule has 0 amide bonds. The van der Waals surface area contributed by atoms with Crippen LogP contribution in [0.4, 0.5) is 0 Å². The average Bonchev–Trinajstić information content (AvgIpc) is 2.54. The molecule has 3 heteroatoms. The minimum Gasteiger partial charge on any atom is -0.507 e. The fourth-order valence-corrected chi connectivity index (χ4v) is 3.97. The van der Waals surface area contributed by atoms with Gasteiger partial charge in [-0.15, -0.1) is 0 Å². The number of fused-ring (bicyclic) bond motifs is 1. The van der Waals surface area contributed by atoms with Crippen LogP contribution in [-0.4, -0.2) is 10.9 Å². The smallest absolute Gasteiger partial charge is 0.169 e. The zero-order valence-corrected chi connectivity index (χ0v) is 12.7. The summed E-state index contributed by atoms with van der Waals surface area (Å²) in [5, 5.41) is 10.5. The Hall–Kier alpha value is -1.35. The second-order valence-corrected chi connectivity index (χ2v) is 6.50. The number of benzene rings is 1. The van der Waals surface area contributed by atoms with Crippen molar-refractivity contribution in [1.82, 2.24) is 0 Å². The number of hydrogen-bond donors (Lipinski definition) is 2. The van der Waals surface area contributed by atoms with Crippen molar-refractivity contribution in [1.29, 1.82) is 0 Å². The first kappa shape index (κ1) is 14.6. The zero-order chi connectivity index (χ0) is 14.8. The van der Waals surface area contributed by atoms with Gasteiger partial charge in [0, 0.05) is 18.0 Å². The Morgan fingerprint density at radius 1 is 1.14 bits per heavy atom. The number of ketones is 1. The Bertz CT molecular complexity index is 545. The van der Waals surface area contributed by atoms with Gasteiger partial charge in [-0.1, -0.05) is 19.3 Å². The summed E-state index contributed by atoms with van der Waals surface area (Å²) in [5.74, 6) is 0.390. The van der Waals surface area contributed by atoms with Crippen molar-refractivity contribution >= 4 is 5.78 Å². The standard InChI is InChI=1S/C18H25NO2/c19-11-16-14-9-5-4-8-13(14)10-15(18(16)21)17(20)12-6-2-1-3-7-12/h10,12,21H,1-9,11,19H2. The third-order valence-corrected chi connectivity index (χ3v) is 5.18. The van der Waals surface area contributed by atoms with Gasteiger partial charge in [0.2, 0.25) is 0 Å². The second-order valence-electron chi connectivity index (χ2n) is 6.50. The molecule has 0 heterocycles. The molecule has 0 aliphatic heterocycles. The Morgan fingerprint density at radius 3 is 2.57 bits per heavy atom. The Kier molecular flexibility index (Phi) is 4.29. The van der Waals surface area contributed by atoms with Crippen LogP contribution in [0.3, 0.4) is 0 Å². The van der Waals surface area contributed by atoms with Crippen molar-refractivity contribution < 1.29 is 9.90 Å². The molecule has 0 radical (unpaired) electrons. The Morgan fingerprint density at radius 2 is 1.86 bits per heavy atom. The molecule has 0 saturated heterocycles. The first-order valence-electron chi connectivity index (χ1n) is 8.33. The van der Waals surface area contributed by atoms with Crippen LogP contribution in [0.2, 0.25) is 0 Å². The van der Waals surface area contributed by atoms with E-state index in [0.29, 0.717) is 12.1 Å². The van der Waals surface area contributed by atoms with E-state index in [0.717, 1.165) is 50.5 Å². The summed E-state index contributed by atoms with van der Waals surface area (Å²) in [6.07, 6.45) is 9.72. The van der Waals surface area contributed by atoms with E-state index in [1.807, 2.05) is 6.07 Å². The van der Waals surface area contributed by atoms with Gasteiger partial charge in [0.15, 0.2) is 5.78 Å². The first-order valence-corrected chi connectivity index (χ1v) is 8.33. The quantitative estimate of drug-likeness (QED) is 0.836. The van der Waals surface area contributed by atoms with Crippen LogP contribution in [-0.2, 0) is 19.4 Å². The molecule has 0 spiro atoms. The van der Waals surface area contributed by atoms with Gasteiger partial charge in [0.05, 0.1) is 5.56 Å². The normalized spacial score (nSPS) is 19.3. The molecule has 2 aliphatic carbocycles. The van der Waals surface area contributed by atoms with Gasteiger partial charge in [-0.3, -0.25) is 4.79 Å². The Balaban J connectivity index is 1.99. The van der Waals surface area contributed by atoms with Crippen molar-refractivity contribution in [2.45, 2.75) is 64.3 Å². The van der Waals surface area contributed by atoms with Gasteiger partial charge in [-0.25, -0.2) is 0 Å². The average molecular weight is 287 g/mol. The van der Waals surface area contributed by atoms with Gasteiger partial charge in [-0.05, 0) is 55.7 Å². The lowest BCUT2D eigenvalue weighted by Gasteiger charge is -2.25. The fraction of sp³-hybridized carbons (Fsp3) is 0.611. The molecule has 3 N–H and O–H groups in total. The molecule has 21 heavy (non-hydrogen) atoms. The summed E-state index contributed by atoms with van der Waals surface area (Å²) in [5.41, 5.74) is 9.62. The largest absolute Gasteiger partial charge is 0.507 e. The van der Waals surface area contributed by atoms with Gasteiger partial charge >= 0.3 is 0 Å². The monoisotopic (exact) mass is 287 g/mol. The number of Topliss-reactive ketones (excluding diaryl/α,β-unsaturated/α-hetero) is 1. The molecule has 0 aromatic heterocycles. The molecule has 1 aromatic carbocycles. The van der Waals surface area contributed by atoms with E-state index < -0.39 is 0 Å². The molecule has 3 nitrogen and oxygen atoms in total. The van der Waals surface area contributed by atoms with Crippen LogP contribution >= 0.6 is 0 Å². The van der Waals surface area contributed by atoms with Crippen LogP contribution in [0.25, 0.3) is 0 Å². The number of rotatable bonds is 3. The molecule has 1 saturated carbocycles. The van der Waals surface area contributed by atoms with Crippen LogP contribution in [0.1, 0.15) is 72.0 Å². The highest BCUT2D eigenvalue weighted by molar-refractivity contribution is 6.01. The van der Waals surface area contributed by atoms with Gasteiger partial charge in [-0.2, -0.15) is 0 Å². The van der Waals surface area contributed by atoms with Crippen LogP contribution in [0, 0.1) is 5.92 Å². The number of nitrogens with two attached hydrogens (primary N) is 1. The summed E-state index contributed by atoms with van der Waals surface area (Å²) >= 11 is 0. The van der Waals surface area contributed by atoms with E-state index in [2.05, 4.69) is 0 Å². The van der Waals surface area contributed by atoms with Gasteiger partial charge in [0.25, 0.3) is 0 Å². The summed E-state index contributed by atoms with van der Waals surface area (Å²) in [4.78, 5) is 12.8. The lowest BCUT2D eigenvalue weighted by molar-refractivity contribution is 0.0886. The molecule has 1 aromatic rings. The summed E-state index contributed by atoms with van der Waals surface area (Å²) in [6.45, 7) is 0.319. The topological polar surface area (TPSA) is 63.3 Å². The number of hydrogen-bond acceptors (Lipinski definition) is 3. The molecule has 1 fully saturated rings. The number of aromatic hydroxyl groups is 1. The van der Waals surface area contributed by atoms with E-state index in [1.54, 1.807) is 0 Å². The maximum Gasteiger partial charge on any atom is 0.169 e. The number of phenolic OH excluding ortho intramolecular Hbond substituents is 1. The molecule has 3 rings (SSSR count). The number of carbonyl (C=O) groups excluding carboxylic acids is 1. The molecular formula is C18H25NO2. The number of phenols is 1. The maximum atomic E-state index is 12.8. The summed E-state index contributed by atoms with van der Waals surface area (Å²) in [7, 11) is 0. The predicted octanol–water partition coefficient (Wildman–Crippen LogP) is 3.49. The molecule has 0 unspecified atom stereocenters. The highest BCUT2D eigenvalue weighted by Gasteiger charge is 2.27. The predicted molar refractivity (Wildman–Crippen MR) is 83.5 cm³/mol. The summed E-state index contributed by atoms with van der Waals surface area (Å²) < 4.78 is 0. The van der Waals surface area contributed by atoms with E-state index in [-0.39, 0.29) is 17.5 Å². The number of aryl methyl sites for hydroxylation is 1. The van der Waals surface area contributed by atoms with Crippen molar-refractivity contribution in [3.63, 3.8) is 0 Å². The SMILES string of the molecule is NCc1c(O)c(C(=O)C2CCCCC2)cc2c1CCCC2. The molecule has 114 valence electrons. The van der Waals surface area contributed by atoms with Crippen molar-refractivity contribution in [2.24, 2.45) is 11.7 Å². The van der Waals surface area contributed by atoms with E-state index >= 15 is 0 Å². The van der Waals surface area contributed by atoms with Crippen molar-refractivity contribution in [3.8, 4) is 5.75 Å². The van der Waals surface area contributed by atoms with Crippen molar-refractivity contribution in [2.75, 3.05) is 0 Å². The highest BCUT2D eigenvalue weighted by Crippen LogP contribution is 2.36. The number of carbonyl (C=O) groups is 1. The van der Waals surface area contributed by atoms with E-state index in [9.17, 15) is 9.90 Å². The lowest BCUT2D eigenvalue weighted by Crippen LogP contribution is -2.20. The minimum absolute atomic E-state index is 0.0944. The molecular weight excluding hydrogens is 262 g/mol. The Labute approximate surface area is 126 Å². The molecule has 0 bridgehead atoms. The second kappa shape index (κ2) is 6.18. The third kappa shape index (κ3) is 2.71. The van der Waals surface area contributed by atoms with Gasteiger partial charge in [0.1, 0.15) is 5.75 Å². The zero-order valence-electron chi connectivity index (χ0n) is 12.7. The highest BCUT2D eigenvalue weighted by atomic mass is 16.3. The molecule has 2 aliphatic rings. The first-order chi connectivity index (χ1) is 10.2. The third-order valence-electron chi connectivity index (χ3n) is 5.18. The fourth-order valence-electron chi connectivity index (χ4n) is 3.97. The summed E-state index contributed by atoms with van der Waals surface area (Å²) in [6, 6.07) is 1.96. The van der Waals surface area contributed by atoms with Gasteiger partial charge < -0.3 is 10.8 Å². The van der Waals surface area contributed by atoms with Crippen LogP contribution in [0.15, 0.2) is 6.07 Å². The molecule has 0 atom stereocenters. The van der Waals surface area contributed by atoms with Crippen LogP contribution in [0.5, 0.6) is 5.75 Å². The lowest BCUT2D eigenvalue weighted by atomic mass is 9.80. The minimum atomic E-state index is 0.0944. The van der Waals surface area contributed by atoms with E-state index in [4.69, 9.17) is 5.73 Å². The van der Waals surface area contributed by atoms with Crippen molar-refractivity contribution in [3.05, 3.63) is 28.3 Å². The maximum absolute atomic E-state index is 12.8.